The van der Waals surface area contributed by atoms with E-state index in [0.717, 1.165) is 49.2 Å². The fourth-order valence-electron chi connectivity index (χ4n) is 3.64. The number of carbonyl (C=O) groups excluding carboxylic acids is 1. The van der Waals surface area contributed by atoms with Crippen molar-refractivity contribution in [2.24, 2.45) is 0 Å². The highest BCUT2D eigenvalue weighted by atomic mass is 32.2. The smallest absolute Gasteiger partial charge is 0.257 e. The summed E-state index contributed by atoms with van der Waals surface area (Å²) in [6, 6.07) is 15.9. The van der Waals surface area contributed by atoms with Crippen molar-refractivity contribution in [1.82, 2.24) is 9.88 Å². The van der Waals surface area contributed by atoms with Gasteiger partial charge in [-0.05, 0) is 42.7 Å². The molecule has 28 heavy (non-hydrogen) atoms. The van der Waals surface area contributed by atoms with Gasteiger partial charge in [-0.25, -0.2) is 4.98 Å². The van der Waals surface area contributed by atoms with Crippen molar-refractivity contribution < 1.29 is 13.9 Å². The molecule has 1 saturated heterocycles. The number of methoxy groups -OCH3 is 1. The molecule has 1 aliphatic heterocycles. The van der Waals surface area contributed by atoms with Crippen LogP contribution < -0.4 is 4.74 Å². The first kappa shape index (κ1) is 18.9. The van der Waals surface area contributed by atoms with E-state index in [1.165, 1.54) is 17.3 Å². The van der Waals surface area contributed by atoms with Crippen molar-refractivity contribution in [3.8, 4) is 5.75 Å². The summed E-state index contributed by atoms with van der Waals surface area (Å²) in [4.78, 5) is 19.3. The van der Waals surface area contributed by atoms with Gasteiger partial charge in [0.05, 0.1) is 12.9 Å². The van der Waals surface area contributed by atoms with E-state index >= 15 is 0 Å². The molecule has 1 amide bonds. The van der Waals surface area contributed by atoms with E-state index in [9.17, 15) is 4.79 Å². The highest BCUT2D eigenvalue weighted by molar-refractivity contribution is 7.99. The van der Waals surface area contributed by atoms with Crippen molar-refractivity contribution in [2.75, 3.05) is 26.0 Å². The van der Waals surface area contributed by atoms with Crippen LogP contribution in [0.3, 0.4) is 0 Å². The molecule has 1 unspecified atom stereocenters. The minimum absolute atomic E-state index is 0.146. The van der Waals surface area contributed by atoms with E-state index in [2.05, 4.69) is 17.1 Å². The number of benzene rings is 2. The number of nitrogens with zero attached hydrogens (tertiary/aromatic N) is 2. The van der Waals surface area contributed by atoms with Gasteiger partial charge in [-0.2, -0.15) is 0 Å². The molecular weight excluding hydrogens is 372 g/mol. The fourth-order valence-corrected chi connectivity index (χ4v) is 4.39. The standard InChI is InChI=1S/C22H24N2O3S/c1-26-18-11-9-16(10-12-18)17-6-4-5-13-24(14-17)21(25)15-28-22-23-19-7-2-3-8-20(19)27-22/h2-3,7-12,17H,4-6,13-15H2,1H3. The van der Waals surface area contributed by atoms with E-state index in [1.54, 1.807) is 7.11 Å². The molecule has 2 aromatic carbocycles. The van der Waals surface area contributed by atoms with Gasteiger partial charge in [-0.3, -0.25) is 4.79 Å². The van der Waals surface area contributed by atoms with Crippen LogP contribution in [-0.4, -0.2) is 41.7 Å². The molecule has 2 heterocycles. The second kappa shape index (κ2) is 8.69. The molecule has 6 heteroatoms. The van der Waals surface area contributed by atoms with Crippen molar-refractivity contribution >= 4 is 28.8 Å². The molecule has 3 aromatic rings. The summed E-state index contributed by atoms with van der Waals surface area (Å²) >= 11 is 1.37. The molecule has 0 radical (unpaired) electrons. The van der Waals surface area contributed by atoms with E-state index < -0.39 is 0 Å². The number of fused-ring (bicyclic) bond motifs is 1. The number of hydrogen-bond acceptors (Lipinski definition) is 5. The first-order chi connectivity index (χ1) is 13.7. The highest BCUT2D eigenvalue weighted by Crippen LogP contribution is 2.29. The second-order valence-electron chi connectivity index (χ2n) is 7.04. The van der Waals surface area contributed by atoms with E-state index in [1.807, 2.05) is 41.3 Å². The Morgan fingerprint density at radius 1 is 1.21 bits per heavy atom. The summed E-state index contributed by atoms with van der Waals surface area (Å²) in [7, 11) is 1.68. The molecule has 0 spiro atoms. The zero-order valence-corrected chi connectivity index (χ0v) is 16.8. The average molecular weight is 397 g/mol. The number of carbonyl (C=O) groups is 1. The molecule has 0 aliphatic carbocycles. The van der Waals surface area contributed by atoms with Crippen LogP contribution in [0.1, 0.15) is 30.7 Å². The van der Waals surface area contributed by atoms with Gasteiger partial charge in [-0.1, -0.05) is 42.4 Å². The largest absolute Gasteiger partial charge is 0.497 e. The maximum absolute atomic E-state index is 12.8. The Balaban J connectivity index is 1.39. The number of oxazole rings is 1. The molecule has 5 nitrogen and oxygen atoms in total. The monoisotopic (exact) mass is 396 g/mol. The maximum atomic E-state index is 12.8. The third kappa shape index (κ3) is 4.33. The van der Waals surface area contributed by atoms with Crippen LogP contribution in [0.4, 0.5) is 0 Å². The number of likely N-dealkylation sites (tertiary alicyclic amines) is 1. The predicted octanol–water partition coefficient (Wildman–Crippen LogP) is 4.72. The number of aromatic nitrogens is 1. The van der Waals surface area contributed by atoms with Gasteiger partial charge in [0, 0.05) is 19.0 Å². The number of rotatable bonds is 5. The molecule has 1 aliphatic rings. The molecule has 0 bridgehead atoms. The maximum Gasteiger partial charge on any atom is 0.257 e. The van der Waals surface area contributed by atoms with E-state index in [-0.39, 0.29) is 5.91 Å². The van der Waals surface area contributed by atoms with Crippen LogP contribution in [0.25, 0.3) is 11.1 Å². The third-order valence-electron chi connectivity index (χ3n) is 5.20. The number of thioether (sulfide) groups is 1. The first-order valence-electron chi connectivity index (χ1n) is 9.63. The van der Waals surface area contributed by atoms with Crippen LogP contribution in [0.2, 0.25) is 0 Å². The van der Waals surface area contributed by atoms with Gasteiger partial charge >= 0.3 is 0 Å². The van der Waals surface area contributed by atoms with E-state index in [0.29, 0.717) is 16.9 Å². The SMILES string of the molecule is COc1ccc(C2CCCCN(C(=O)CSc3nc4ccccc4o3)C2)cc1. The molecule has 0 saturated carbocycles. The normalized spacial score (nSPS) is 17.5. The zero-order chi connectivity index (χ0) is 19.3. The van der Waals surface area contributed by atoms with Gasteiger partial charge in [-0.15, -0.1) is 0 Å². The summed E-state index contributed by atoms with van der Waals surface area (Å²) in [5.41, 5.74) is 2.85. The van der Waals surface area contributed by atoms with Crippen molar-refractivity contribution in [1.29, 1.82) is 0 Å². The molecule has 0 N–H and O–H groups in total. The predicted molar refractivity (Wildman–Crippen MR) is 111 cm³/mol. The van der Waals surface area contributed by atoms with Gasteiger partial charge in [0.2, 0.25) is 5.91 Å². The Hall–Kier alpha value is -2.47. The molecule has 4 rings (SSSR count). The lowest BCUT2D eigenvalue weighted by Crippen LogP contribution is -2.35. The summed E-state index contributed by atoms with van der Waals surface area (Å²) in [6.07, 6.45) is 3.29. The van der Waals surface area contributed by atoms with Crippen LogP contribution >= 0.6 is 11.8 Å². The zero-order valence-electron chi connectivity index (χ0n) is 16.0. The fraction of sp³-hybridized carbons (Fsp3) is 0.364. The van der Waals surface area contributed by atoms with Crippen molar-refractivity contribution in [2.45, 2.75) is 30.4 Å². The van der Waals surface area contributed by atoms with Gasteiger partial charge in [0.1, 0.15) is 11.3 Å². The van der Waals surface area contributed by atoms with Crippen LogP contribution in [0, 0.1) is 0 Å². The van der Waals surface area contributed by atoms with Gasteiger partial charge < -0.3 is 14.1 Å². The van der Waals surface area contributed by atoms with Crippen molar-refractivity contribution in [3.63, 3.8) is 0 Å². The molecule has 146 valence electrons. The topological polar surface area (TPSA) is 55.6 Å². The molecule has 1 atom stereocenters. The minimum atomic E-state index is 0.146. The molecule has 1 aromatic heterocycles. The summed E-state index contributed by atoms with van der Waals surface area (Å²) in [5, 5.41) is 0.552. The Morgan fingerprint density at radius 3 is 2.82 bits per heavy atom. The lowest BCUT2D eigenvalue weighted by atomic mass is 9.94. The first-order valence-corrected chi connectivity index (χ1v) is 10.6. The molecule has 1 fully saturated rings. The summed E-state index contributed by atoms with van der Waals surface area (Å²) in [5.74, 6) is 1.72. The lowest BCUT2D eigenvalue weighted by Gasteiger charge is -2.24. The van der Waals surface area contributed by atoms with Crippen molar-refractivity contribution in [3.05, 3.63) is 54.1 Å². The van der Waals surface area contributed by atoms with Crippen LogP contribution in [0.5, 0.6) is 5.75 Å². The van der Waals surface area contributed by atoms with E-state index in [4.69, 9.17) is 9.15 Å². The quantitative estimate of drug-likeness (QED) is 0.584. The lowest BCUT2D eigenvalue weighted by molar-refractivity contribution is -0.128. The number of amides is 1. The number of para-hydroxylation sites is 2. The number of hydrogen-bond donors (Lipinski definition) is 0. The highest BCUT2D eigenvalue weighted by Gasteiger charge is 2.23. The van der Waals surface area contributed by atoms with Crippen LogP contribution in [-0.2, 0) is 4.79 Å². The minimum Gasteiger partial charge on any atom is -0.497 e. The van der Waals surface area contributed by atoms with Gasteiger partial charge in [0.15, 0.2) is 5.58 Å². The summed E-state index contributed by atoms with van der Waals surface area (Å²) in [6.45, 7) is 1.58. The Kier molecular flexibility index (Phi) is 5.86. The second-order valence-corrected chi connectivity index (χ2v) is 7.97. The Morgan fingerprint density at radius 2 is 2.04 bits per heavy atom. The van der Waals surface area contributed by atoms with Crippen LogP contribution in [0.15, 0.2) is 58.2 Å². The summed E-state index contributed by atoms with van der Waals surface area (Å²) < 4.78 is 11.0. The Bertz CT molecular complexity index is 905. The third-order valence-corrected chi connectivity index (χ3v) is 6.02. The Labute approximate surface area is 169 Å². The van der Waals surface area contributed by atoms with Gasteiger partial charge in [0.25, 0.3) is 5.22 Å². The number of ether oxygens (including phenoxy) is 1. The average Bonchev–Trinajstić information content (AvgIpc) is 2.99. The molecular formula is C22H24N2O3S.